The van der Waals surface area contributed by atoms with Crippen molar-refractivity contribution in [2.45, 2.75) is 48.5 Å². The lowest BCUT2D eigenvalue weighted by atomic mass is 9.97. The zero-order chi connectivity index (χ0) is 14.1. The van der Waals surface area contributed by atoms with Gasteiger partial charge < -0.3 is 0 Å². The molecule has 0 spiro atoms. The van der Waals surface area contributed by atoms with Crippen molar-refractivity contribution in [2.75, 3.05) is 0 Å². The van der Waals surface area contributed by atoms with E-state index in [-0.39, 0.29) is 0 Å². The summed E-state index contributed by atoms with van der Waals surface area (Å²) in [6.45, 7) is 14.6. The van der Waals surface area contributed by atoms with E-state index in [0.29, 0.717) is 5.92 Å². The second-order valence-electron chi connectivity index (χ2n) is 4.10. The summed E-state index contributed by atoms with van der Waals surface area (Å²) in [5, 5.41) is 0. The van der Waals surface area contributed by atoms with Gasteiger partial charge in [-0.2, -0.15) is 0 Å². The maximum absolute atomic E-state index is 2.26. The molecule has 0 unspecified atom stereocenters. The van der Waals surface area contributed by atoms with Crippen LogP contribution in [0.5, 0.6) is 0 Å². The summed E-state index contributed by atoms with van der Waals surface area (Å²) in [5.74, 6) is 0.543. The maximum atomic E-state index is 2.26. The van der Waals surface area contributed by atoms with Crippen molar-refractivity contribution in [3.8, 4) is 0 Å². The van der Waals surface area contributed by atoms with Gasteiger partial charge in [0.15, 0.2) is 0 Å². The number of fused-ring (bicyclic) bond motifs is 1. The first-order chi connectivity index (χ1) is 8.68. The monoisotopic (exact) mass is 244 g/mol. The predicted molar refractivity (Wildman–Crippen MR) is 85.8 cm³/mol. The molecule has 0 saturated heterocycles. The lowest BCUT2D eigenvalue weighted by molar-refractivity contribution is 0.954. The molecule has 0 amide bonds. The van der Waals surface area contributed by atoms with Crippen LogP contribution in [0.1, 0.15) is 56.9 Å². The van der Waals surface area contributed by atoms with Crippen molar-refractivity contribution < 1.29 is 0 Å². The molecule has 0 aromatic heterocycles. The Kier molecular flexibility index (Phi) is 8.11. The Labute approximate surface area is 113 Å². The first-order valence-corrected chi connectivity index (χ1v) is 7.15. The first-order valence-electron chi connectivity index (χ1n) is 7.15. The van der Waals surface area contributed by atoms with E-state index < -0.39 is 0 Å². The Bertz CT molecular complexity index is 369. The van der Waals surface area contributed by atoms with E-state index >= 15 is 0 Å². The zero-order valence-corrected chi connectivity index (χ0v) is 13.0. The lowest BCUT2D eigenvalue weighted by Crippen LogP contribution is -1.89. The number of allylic oxidation sites excluding steroid dienone is 2. The van der Waals surface area contributed by atoms with Gasteiger partial charge in [0.2, 0.25) is 0 Å². The van der Waals surface area contributed by atoms with Gasteiger partial charge in [0.1, 0.15) is 0 Å². The van der Waals surface area contributed by atoms with Gasteiger partial charge in [-0.1, -0.05) is 71.1 Å². The molecular weight excluding hydrogens is 216 g/mol. The van der Waals surface area contributed by atoms with Gasteiger partial charge >= 0.3 is 0 Å². The van der Waals surface area contributed by atoms with Crippen LogP contribution in [0.2, 0.25) is 0 Å². The molecule has 0 heterocycles. The van der Waals surface area contributed by atoms with E-state index in [1.54, 1.807) is 0 Å². The highest BCUT2D eigenvalue weighted by molar-refractivity contribution is 5.72. The van der Waals surface area contributed by atoms with Gasteiger partial charge in [0.25, 0.3) is 0 Å². The van der Waals surface area contributed by atoms with Crippen LogP contribution in [0.25, 0.3) is 12.2 Å². The minimum Gasteiger partial charge on any atom is -0.0773 e. The van der Waals surface area contributed by atoms with Crippen molar-refractivity contribution in [3.05, 3.63) is 46.5 Å². The van der Waals surface area contributed by atoms with Gasteiger partial charge in [-0.25, -0.2) is 0 Å². The van der Waals surface area contributed by atoms with Crippen LogP contribution >= 0.6 is 0 Å². The minimum atomic E-state index is 0.543. The molecule has 0 radical (unpaired) electrons. The highest BCUT2D eigenvalue weighted by atomic mass is 14.1. The third-order valence-electron chi connectivity index (χ3n) is 2.86. The molecule has 100 valence electrons. The molecule has 1 aromatic rings. The Hall–Kier alpha value is -1.30. The third-order valence-corrected chi connectivity index (χ3v) is 2.86. The zero-order valence-electron chi connectivity index (χ0n) is 13.0. The Morgan fingerprint density at radius 2 is 1.06 bits per heavy atom. The Balaban J connectivity index is 0.000000659. The first kappa shape index (κ1) is 16.7. The summed E-state index contributed by atoms with van der Waals surface area (Å²) in [7, 11) is 0. The molecule has 1 aliphatic carbocycles. The average molecular weight is 244 g/mol. The SMILES string of the molecule is CC.CC.Cc1ccc(C)c2c1C=CC(C)C=C2. The molecule has 0 nitrogen and oxygen atoms in total. The molecule has 0 fully saturated rings. The predicted octanol–water partition coefficient (Wildman–Crippen LogP) is 6.03. The van der Waals surface area contributed by atoms with Crippen LogP contribution in [0.15, 0.2) is 24.3 Å². The Morgan fingerprint density at radius 1 is 0.722 bits per heavy atom. The number of rotatable bonds is 0. The fraction of sp³-hybridized carbons (Fsp3) is 0.444. The van der Waals surface area contributed by atoms with Crippen LogP contribution in [0.3, 0.4) is 0 Å². The largest absolute Gasteiger partial charge is 0.0773 e. The molecule has 0 saturated carbocycles. The van der Waals surface area contributed by atoms with Gasteiger partial charge in [-0.05, 0) is 42.0 Å². The van der Waals surface area contributed by atoms with E-state index in [1.165, 1.54) is 22.3 Å². The molecule has 0 N–H and O–H groups in total. The fourth-order valence-electron chi connectivity index (χ4n) is 1.86. The molecule has 18 heavy (non-hydrogen) atoms. The number of benzene rings is 1. The molecule has 0 aliphatic heterocycles. The summed E-state index contributed by atoms with van der Waals surface area (Å²) in [4.78, 5) is 0. The van der Waals surface area contributed by atoms with Crippen molar-refractivity contribution in [3.63, 3.8) is 0 Å². The molecule has 0 atom stereocenters. The van der Waals surface area contributed by atoms with Gasteiger partial charge in [-0.3, -0.25) is 0 Å². The lowest BCUT2D eigenvalue weighted by Gasteiger charge is -2.07. The van der Waals surface area contributed by atoms with Crippen molar-refractivity contribution in [2.24, 2.45) is 5.92 Å². The van der Waals surface area contributed by atoms with E-state index in [0.717, 1.165) is 0 Å². The smallest absolute Gasteiger partial charge is 0.00752 e. The van der Waals surface area contributed by atoms with E-state index in [4.69, 9.17) is 0 Å². The standard InChI is InChI=1S/C14H16.2C2H6/c1-10-4-8-13-11(2)6-7-12(3)14(13)9-5-10;2*1-2/h4-10H,1-3H3;2*1-2H3. The molecule has 1 aromatic carbocycles. The third kappa shape index (κ3) is 4.18. The summed E-state index contributed by atoms with van der Waals surface area (Å²) >= 11 is 0. The summed E-state index contributed by atoms with van der Waals surface area (Å²) in [5.41, 5.74) is 5.48. The number of aryl methyl sites for hydroxylation is 2. The van der Waals surface area contributed by atoms with Gasteiger partial charge in [0, 0.05) is 0 Å². The summed E-state index contributed by atoms with van der Waals surface area (Å²) in [6.07, 6.45) is 9.02. The molecule has 2 rings (SSSR count). The maximum Gasteiger partial charge on any atom is -0.00752 e. The molecule has 1 aliphatic rings. The molecular formula is C18H28. The van der Waals surface area contributed by atoms with Crippen molar-refractivity contribution in [1.29, 1.82) is 0 Å². The summed E-state index contributed by atoms with van der Waals surface area (Å²) < 4.78 is 0. The van der Waals surface area contributed by atoms with Crippen LogP contribution in [-0.4, -0.2) is 0 Å². The quantitative estimate of drug-likeness (QED) is 0.522. The second kappa shape index (κ2) is 8.74. The van der Waals surface area contributed by atoms with E-state index in [1.807, 2.05) is 27.7 Å². The van der Waals surface area contributed by atoms with Gasteiger partial charge in [-0.15, -0.1) is 0 Å². The van der Waals surface area contributed by atoms with E-state index in [9.17, 15) is 0 Å². The van der Waals surface area contributed by atoms with Crippen molar-refractivity contribution in [1.82, 2.24) is 0 Å². The normalized spacial score (nSPS) is 12.6. The second-order valence-corrected chi connectivity index (χ2v) is 4.10. The highest BCUT2D eigenvalue weighted by Gasteiger charge is 2.06. The molecule has 0 bridgehead atoms. The highest BCUT2D eigenvalue weighted by Crippen LogP contribution is 2.25. The van der Waals surface area contributed by atoms with Crippen LogP contribution in [-0.2, 0) is 0 Å². The Morgan fingerprint density at radius 3 is 1.39 bits per heavy atom. The van der Waals surface area contributed by atoms with Crippen LogP contribution in [0.4, 0.5) is 0 Å². The van der Waals surface area contributed by atoms with E-state index in [2.05, 4.69) is 57.2 Å². The molecule has 0 heteroatoms. The average Bonchev–Trinajstić information content (AvgIpc) is 2.62. The van der Waals surface area contributed by atoms with Crippen molar-refractivity contribution >= 4 is 12.2 Å². The summed E-state index contributed by atoms with van der Waals surface area (Å²) in [6, 6.07) is 4.39. The fourth-order valence-corrected chi connectivity index (χ4v) is 1.86. The minimum absolute atomic E-state index is 0.543. The topological polar surface area (TPSA) is 0 Å². The van der Waals surface area contributed by atoms with Gasteiger partial charge in [0.05, 0.1) is 0 Å². The van der Waals surface area contributed by atoms with Crippen LogP contribution < -0.4 is 0 Å². The van der Waals surface area contributed by atoms with Crippen LogP contribution in [0, 0.1) is 19.8 Å². The number of hydrogen-bond donors (Lipinski definition) is 0. The number of hydrogen-bond acceptors (Lipinski definition) is 0.